The number of aromatic carboxylic acids is 1. The number of halogens is 1. The first-order valence-corrected chi connectivity index (χ1v) is 6.53. The first kappa shape index (κ1) is 13.1. The van der Waals surface area contributed by atoms with Gasteiger partial charge in [0.15, 0.2) is 0 Å². The zero-order valence-electron chi connectivity index (χ0n) is 10.2. The summed E-state index contributed by atoms with van der Waals surface area (Å²) in [6.45, 7) is 3.86. The molecule has 1 fully saturated rings. The van der Waals surface area contributed by atoms with Crippen molar-refractivity contribution < 1.29 is 14.7 Å². The van der Waals surface area contributed by atoms with E-state index in [1.807, 2.05) is 13.8 Å². The van der Waals surface area contributed by atoms with Gasteiger partial charge in [0, 0.05) is 16.1 Å². The van der Waals surface area contributed by atoms with E-state index in [2.05, 4.69) is 21.2 Å². The molecular weight excluding hydrogens is 298 g/mol. The highest BCUT2D eigenvalue weighted by atomic mass is 79.9. The van der Waals surface area contributed by atoms with Gasteiger partial charge < -0.3 is 10.4 Å². The third-order valence-electron chi connectivity index (χ3n) is 3.25. The molecule has 0 spiro atoms. The summed E-state index contributed by atoms with van der Waals surface area (Å²) in [5.74, 6) is -0.539. The summed E-state index contributed by atoms with van der Waals surface area (Å²) in [6, 6.07) is 3.20. The molecule has 96 valence electrons. The molecule has 1 saturated carbocycles. The van der Waals surface area contributed by atoms with Crippen molar-refractivity contribution in [3.63, 3.8) is 0 Å². The van der Waals surface area contributed by atoms with Gasteiger partial charge in [0.25, 0.3) is 0 Å². The number of hydrogen-bond donors (Lipinski definition) is 2. The molecule has 0 aromatic heterocycles. The summed E-state index contributed by atoms with van der Waals surface area (Å²) in [6.07, 6.45) is 0.910. The highest BCUT2D eigenvalue weighted by Crippen LogP contribution is 2.38. The number of nitrogens with one attached hydrogen (secondary N) is 1. The molecule has 5 heteroatoms. The summed E-state index contributed by atoms with van der Waals surface area (Å²) in [5, 5.41) is 11.8. The molecule has 0 saturated heterocycles. The summed E-state index contributed by atoms with van der Waals surface area (Å²) in [7, 11) is 0. The number of rotatable bonds is 3. The molecule has 0 aliphatic heterocycles. The van der Waals surface area contributed by atoms with Gasteiger partial charge in [0.05, 0.1) is 5.56 Å². The molecular formula is C13H14BrNO3. The van der Waals surface area contributed by atoms with E-state index >= 15 is 0 Å². The van der Waals surface area contributed by atoms with Crippen molar-refractivity contribution in [3.8, 4) is 0 Å². The normalized spacial score (nSPS) is 21.5. The van der Waals surface area contributed by atoms with E-state index in [-0.39, 0.29) is 17.4 Å². The average Bonchev–Trinajstić information content (AvgIpc) is 2.99. The van der Waals surface area contributed by atoms with Crippen LogP contribution >= 0.6 is 15.9 Å². The second-order valence-corrected chi connectivity index (χ2v) is 5.62. The molecule has 1 aliphatic rings. The van der Waals surface area contributed by atoms with Gasteiger partial charge in [-0.25, -0.2) is 4.79 Å². The fraction of sp³-hybridized carbons (Fsp3) is 0.385. The number of carboxylic acid groups (broad SMARTS) is 1. The molecule has 1 aromatic rings. The third kappa shape index (κ3) is 2.56. The van der Waals surface area contributed by atoms with Gasteiger partial charge in [0.2, 0.25) is 5.91 Å². The lowest BCUT2D eigenvalue weighted by Crippen LogP contribution is -2.16. The van der Waals surface area contributed by atoms with E-state index in [4.69, 9.17) is 5.11 Å². The SMILES string of the molecule is Cc1cc(Br)c(C(=O)O)cc1NC(=O)[C@H]1C[C@@H]1C. The topological polar surface area (TPSA) is 66.4 Å². The molecule has 18 heavy (non-hydrogen) atoms. The van der Waals surface area contributed by atoms with E-state index in [0.29, 0.717) is 16.1 Å². The molecule has 4 nitrogen and oxygen atoms in total. The molecule has 0 unspecified atom stereocenters. The number of hydrogen-bond acceptors (Lipinski definition) is 2. The van der Waals surface area contributed by atoms with Crippen molar-refractivity contribution in [3.05, 3.63) is 27.7 Å². The van der Waals surface area contributed by atoms with Crippen LogP contribution in [0.15, 0.2) is 16.6 Å². The summed E-state index contributed by atoms with van der Waals surface area (Å²) in [5.41, 5.74) is 1.56. The van der Waals surface area contributed by atoms with Crippen molar-refractivity contribution in [2.45, 2.75) is 20.3 Å². The Balaban J connectivity index is 2.24. The van der Waals surface area contributed by atoms with Crippen LogP contribution in [-0.2, 0) is 4.79 Å². The van der Waals surface area contributed by atoms with Gasteiger partial charge in [-0.05, 0) is 52.9 Å². The first-order valence-electron chi connectivity index (χ1n) is 5.74. The first-order chi connectivity index (χ1) is 8.40. The van der Waals surface area contributed by atoms with Crippen LogP contribution in [-0.4, -0.2) is 17.0 Å². The second kappa shape index (κ2) is 4.72. The number of carbonyl (C=O) groups is 2. The molecule has 0 radical (unpaired) electrons. The summed E-state index contributed by atoms with van der Waals surface area (Å²) < 4.78 is 0.519. The van der Waals surface area contributed by atoms with Crippen molar-refractivity contribution in [2.24, 2.45) is 11.8 Å². The Kier molecular flexibility index (Phi) is 3.43. The third-order valence-corrected chi connectivity index (χ3v) is 3.90. The van der Waals surface area contributed by atoms with E-state index in [1.165, 1.54) is 6.07 Å². The van der Waals surface area contributed by atoms with Gasteiger partial charge in [-0.2, -0.15) is 0 Å². The maximum atomic E-state index is 11.8. The number of amides is 1. The minimum absolute atomic E-state index is 0.0238. The van der Waals surface area contributed by atoms with Crippen LogP contribution in [0.2, 0.25) is 0 Å². The maximum absolute atomic E-state index is 11.8. The monoisotopic (exact) mass is 311 g/mol. The quantitative estimate of drug-likeness (QED) is 0.901. The van der Waals surface area contributed by atoms with Crippen molar-refractivity contribution in [2.75, 3.05) is 5.32 Å². The molecule has 1 amide bonds. The van der Waals surface area contributed by atoms with E-state index in [0.717, 1.165) is 12.0 Å². The van der Waals surface area contributed by atoms with Crippen LogP contribution < -0.4 is 5.32 Å². The molecule has 0 bridgehead atoms. The Morgan fingerprint density at radius 3 is 2.56 bits per heavy atom. The Morgan fingerprint density at radius 2 is 2.06 bits per heavy atom. The smallest absolute Gasteiger partial charge is 0.336 e. The Hall–Kier alpha value is -1.36. The van der Waals surface area contributed by atoms with Crippen molar-refractivity contribution in [1.29, 1.82) is 0 Å². The lowest BCUT2D eigenvalue weighted by Gasteiger charge is -2.10. The average molecular weight is 312 g/mol. The van der Waals surface area contributed by atoms with Crippen LogP contribution in [0, 0.1) is 18.8 Å². The highest BCUT2D eigenvalue weighted by Gasteiger charge is 2.39. The zero-order chi connectivity index (χ0) is 13.4. The van der Waals surface area contributed by atoms with Gasteiger partial charge >= 0.3 is 5.97 Å². The Morgan fingerprint density at radius 1 is 1.44 bits per heavy atom. The van der Waals surface area contributed by atoms with Crippen LogP contribution in [0.5, 0.6) is 0 Å². The maximum Gasteiger partial charge on any atom is 0.336 e. The van der Waals surface area contributed by atoms with Crippen molar-refractivity contribution in [1.82, 2.24) is 0 Å². The van der Waals surface area contributed by atoms with Gasteiger partial charge in [0.1, 0.15) is 0 Å². The number of aryl methyl sites for hydroxylation is 1. The molecule has 2 N–H and O–H groups in total. The number of benzene rings is 1. The predicted molar refractivity (Wildman–Crippen MR) is 71.7 cm³/mol. The fourth-order valence-corrected chi connectivity index (χ4v) is 2.51. The number of carbonyl (C=O) groups excluding carboxylic acids is 1. The van der Waals surface area contributed by atoms with Crippen LogP contribution in [0.4, 0.5) is 5.69 Å². The minimum atomic E-state index is -1.02. The van der Waals surface area contributed by atoms with E-state index < -0.39 is 5.97 Å². The summed E-state index contributed by atoms with van der Waals surface area (Å²) >= 11 is 3.21. The zero-order valence-corrected chi connectivity index (χ0v) is 11.7. The van der Waals surface area contributed by atoms with Gasteiger partial charge in [-0.3, -0.25) is 4.79 Å². The van der Waals surface area contributed by atoms with E-state index in [1.54, 1.807) is 6.07 Å². The van der Waals surface area contributed by atoms with Gasteiger partial charge in [-0.15, -0.1) is 0 Å². The lowest BCUT2D eigenvalue weighted by atomic mass is 10.1. The molecule has 2 atom stereocenters. The Labute approximate surface area is 114 Å². The largest absolute Gasteiger partial charge is 0.478 e. The van der Waals surface area contributed by atoms with Crippen LogP contribution in [0.3, 0.4) is 0 Å². The molecule has 1 aromatic carbocycles. The summed E-state index contributed by atoms with van der Waals surface area (Å²) in [4.78, 5) is 22.9. The van der Waals surface area contributed by atoms with Crippen LogP contribution in [0.25, 0.3) is 0 Å². The fourth-order valence-electron chi connectivity index (χ4n) is 1.88. The van der Waals surface area contributed by atoms with Crippen molar-refractivity contribution >= 4 is 33.5 Å². The number of anilines is 1. The molecule has 1 aliphatic carbocycles. The predicted octanol–water partition coefficient (Wildman–Crippen LogP) is 3.05. The highest BCUT2D eigenvalue weighted by molar-refractivity contribution is 9.10. The Bertz CT molecular complexity index is 527. The minimum Gasteiger partial charge on any atom is -0.478 e. The molecule has 0 heterocycles. The van der Waals surface area contributed by atoms with Gasteiger partial charge in [-0.1, -0.05) is 6.92 Å². The molecule has 2 rings (SSSR count). The standard InChI is InChI=1S/C13H14BrNO3/c1-6-3-8(6)12(16)15-11-5-9(13(17)18)10(14)4-7(11)2/h4-6,8H,3H2,1-2H3,(H,15,16)(H,17,18)/t6-,8-/m0/s1. The van der Waals surface area contributed by atoms with E-state index in [9.17, 15) is 9.59 Å². The van der Waals surface area contributed by atoms with Crippen LogP contribution in [0.1, 0.15) is 29.3 Å². The number of carboxylic acids is 1. The second-order valence-electron chi connectivity index (χ2n) is 4.76. The lowest BCUT2D eigenvalue weighted by molar-refractivity contribution is -0.117.